The largest absolute Gasteiger partial charge is 0.372 e. The number of amides is 1. The Hall–Kier alpha value is -2.71. The molecule has 3 heterocycles. The Morgan fingerprint density at radius 3 is 2.75 bits per heavy atom. The highest BCUT2D eigenvalue weighted by Crippen LogP contribution is 2.17. The summed E-state index contributed by atoms with van der Waals surface area (Å²) in [6, 6.07) is 7.13. The van der Waals surface area contributed by atoms with Gasteiger partial charge in [-0.2, -0.15) is 5.10 Å². The molecule has 3 aromatic rings. The van der Waals surface area contributed by atoms with Gasteiger partial charge in [0.05, 0.1) is 24.1 Å². The minimum Gasteiger partial charge on any atom is -0.372 e. The van der Waals surface area contributed by atoms with E-state index in [1.807, 2.05) is 19.9 Å². The molecule has 2 atom stereocenters. The number of rotatable bonds is 3. The van der Waals surface area contributed by atoms with Gasteiger partial charge in [-0.25, -0.2) is 9.67 Å². The highest BCUT2D eigenvalue weighted by molar-refractivity contribution is 6.30. The maximum atomic E-state index is 12.8. The van der Waals surface area contributed by atoms with Gasteiger partial charge in [-0.15, -0.1) is 0 Å². The Morgan fingerprint density at radius 1 is 1.29 bits per heavy atom. The van der Waals surface area contributed by atoms with E-state index in [1.54, 1.807) is 27.8 Å². The zero-order chi connectivity index (χ0) is 19.8. The normalized spacial score (nSPS) is 19.9. The average molecular weight is 402 g/mol. The lowest BCUT2D eigenvalue weighted by Gasteiger charge is -2.35. The Bertz CT molecular complexity index is 1080. The van der Waals surface area contributed by atoms with E-state index in [-0.39, 0.29) is 30.2 Å². The van der Waals surface area contributed by atoms with Gasteiger partial charge in [0, 0.05) is 18.1 Å². The van der Waals surface area contributed by atoms with Gasteiger partial charge in [0.25, 0.3) is 5.56 Å². The maximum Gasteiger partial charge on any atom is 0.264 e. The lowest BCUT2D eigenvalue weighted by molar-refractivity contribution is -0.143. The molecular weight excluding hydrogens is 382 g/mol. The molecule has 0 saturated carbocycles. The first-order chi connectivity index (χ1) is 13.4. The number of morpholine rings is 1. The third-order valence-corrected chi connectivity index (χ3v) is 4.92. The van der Waals surface area contributed by atoms with Gasteiger partial charge in [0.2, 0.25) is 5.91 Å². The molecule has 1 amide bonds. The van der Waals surface area contributed by atoms with Crippen LogP contribution >= 0.6 is 11.6 Å². The van der Waals surface area contributed by atoms with Crippen molar-refractivity contribution in [3.8, 4) is 5.69 Å². The zero-order valence-electron chi connectivity index (χ0n) is 15.6. The predicted molar refractivity (Wildman–Crippen MR) is 105 cm³/mol. The van der Waals surface area contributed by atoms with Crippen molar-refractivity contribution in [1.82, 2.24) is 24.2 Å². The molecule has 0 radical (unpaired) electrons. The quantitative estimate of drug-likeness (QED) is 0.669. The van der Waals surface area contributed by atoms with Crippen molar-refractivity contribution in [2.75, 3.05) is 13.1 Å². The van der Waals surface area contributed by atoms with E-state index in [9.17, 15) is 9.59 Å². The Labute approximate surface area is 166 Å². The van der Waals surface area contributed by atoms with E-state index in [4.69, 9.17) is 16.3 Å². The Balaban J connectivity index is 1.62. The number of carbonyl (C=O) groups excluding carboxylic acids is 1. The van der Waals surface area contributed by atoms with Crippen LogP contribution < -0.4 is 5.56 Å². The van der Waals surface area contributed by atoms with Crippen molar-refractivity contribution in [1.29, 1.82) is 0 Å². The lowest BCUT2D eigenvalue weighted by Crippen LogP contribution is -2.49. The van der Waals surface area contributed by atoms with Crippen molar-refractivity contribution in [2.45, 2.75) is 32.6 Å². The summed E-state index contributed by atoms with van der Waals surface area (Å²) in [5.74, 6) is -0.132. The first-order valence-corrected chi connectivity index (χ1v) is 9.42. The van der Waals surface area contributed by atoms with E-state index in [0.717, 1.165) is 0 Å². The first-order valence-electron chi connectivity index (χ1n) is 9.04. The van der Waals surface area contributed by atoms with Crippen LogP contribution in [0.5, 0.6) is 0 Å². The van der Waals surface area contributed by atoms with Crippen molar-refractivity contribution in [3.05, 3.63) is 52.2 Å². The summed E-state index contributed by atoms with van der Waals surface area (Å²) in [6.45, 7) is 4.82. The molecule has 0 aliphatic carbocycles. The van der Waals surface area contributed by atoms with E-state index >= 15 is 0 Å². The summed E-state index contributed by atoms with van der Waals surface area (Å²) in [6.07, 6.45) is 2.80. The number of aromatic nitrogens is 4. The minimum atomic E-state index is -0.305. The van der Waals surface area contributed by atoms with Crippen LogP contribution in [0.25, 0.3) is 16.7 Å². The monoisotopic (exact) mass is 401 g/mol. The second-order valence-electron chi connectivity index (χ2n) is 7.01. The minimum absolute atomic E-state index is 0.0269. The zero-order valence-corrected chi connectivity index (χ0v) is 16.3. The highest BCUT2D eigenvalue weighted by Gasteiger charge is 2.26. The molecule has 1 aromatic carbocycles. The molecule has 1 aliphatic rings. The number of nitrogens with zero attached hydrogens (tertiary/aromatic N) is 5. The lowest BCUT2D eigenvalue weighted by atomic mass is 10.2. The summed E-state index contributed by atoms with van der Waals surface area (Å²) in [4.78, 5) is 31.6. The highest BCUT2D eigenvalue weighted by atomic mass is 35.5. The Kier molecular flexibility index (Phi) is 4.91. The standard InChI is InChI=1S/C19H20ClN5O3/c1-12-8-23(9-13(2)28-12)17(26)10-24-11-21-18-16(19(24)27)7-22-25(18)15-5-3-4-14(20)6-15/h3-7,11-13H,8-10H2,1-2H3/t12-,13-/m0/s1. The molecule has 1 aliphatic heterocycles. The number of ether oxygens (including phenoxy) is 1. The van der Waals surface area contributed by atoms with Crippen molar-refractivity contribution in [3.63, 3.8) is 0 Å². The van der Waals surface area contributed by atoms with Crippen LogP contribution in [0.1, 0.15) is 13.8 Å². The molecular formula is C19H20ClN5O3. The summed E-state index contributed by atoms with van der Waals surface area (Å²) in [5.41, 5.74) is 0.824. The summed E-state index contributed by atoms with van der Waals surface area (Å²) in [5, 5.41) is 5.18. The van der Waals surface area contributed by atoms with Crippen LogP contribution in [-0.4, -0.2) is 55.4 Å². The molecule has 2 aromatic heterocycles. The number of hydrogen-bond donors (Lipinski definition) is 0. The van der Waals surface area contributed by atoms with E-state index in [1.165, 1.54) is 17.1 Å². The van der Waals surface area contributed by atoms with Crippen LogP contribution in [0.15, 0.2) is 41.6 Å². The van der Waals surface area contributed by atoms with Crippen LogP contribution in [0.4, 0.5) is 0 Å². The number of halogens is 1. The van der Waals surface area contributed by atoms with Crippen LogP contribution in [0.2, 0.25) is 5.02 Å². The third kappa shape index (κ3) is 3.53. The van der Waals surface area contributed by atoms with Crippen LogP contribution in [-0.2, 0) is 16.1 Å². The fraction of sp³-hybridized carbons (Fsp3) is 0.368. The summed E-state index contributed by atoms with van der Waals surface area (Å²) < 4.78 is 8.53. The number of hydrogen-bond acceptors (Lipinski definition) is 5. The van der Waals surface area contributed by atoms with Crippen molar-refractivity contribution in [2.24, 2.45) is 0 Å². The molecule has 4 rings (SSSR count). The van der Waals surface area contributed by atoms with Crippen molar-refractivity contribution >= 4 is 28.5 Å². The average Bonchev–Trinajstić information content (AvgIpc) is 3.08. The van der Waals surface area contributed by atoms with Gasteiger partial charge in [-0.05, 0) is 32.0 Å². The third-order valence-electron chi connectivity index (χ3n) is 4.69. The van der Waals surface area contributed by atoms with E-state index in [2.05, 4.69) is 10.1 Å². The van der Waals surface area contributed by atoms with Gasteiger partial charge in [0.15, 0.2) is 5.65 Å². The number of benzene rings is 1. The molecule has 0 bridgehead atoms. The van der Waals surface area contributed by atoms with Gasteiger partial charge < -0.3 is 9.64 Å². The predicted octanol–water partition coefficient (Wildman–Crippen LogP) is 1.87. The van der Waals surface area contributed by atoms with E-state index < -0.39 is 0 Å². The first kappa shape index (κ1) is 18.6. The SMILES string of the molecule is C[C@H]1CN(C(=O)Cn2cnc3c(cnn3-c3cccc(Cl)c3)c2=O)C[C@H](C)O1. The van der Waals surface area contributed by atoms with Gasteiger partial charge in [-0.1, -0.05) is 17.7 Å². The number of carbonyl (C=O) groups is 1. The van der Waals surface area contributed by atoms with Gasteiger partial charge in [-0.3, -0.25) is 14.2 Å². The fourth-order valence-corrected chi connectivity index (χ4v) is 3.67. The molecule has 9 heteroatoms. The summed E-state index contributed by atoms with van der Waals surface area (Å²) >= 11 is 6.04. The fourth-order valence-electron chi connectivity index (χ4n) is 3.49. The second kappa shape index (κ2) is 7.37. The molecule has 0 N–H and O–H groups in total. The molecule has 0 spiro atoms. The smallest absolute Gasteiger partial charge is 0.264 e. The molecule has 8 nitrogen and oxygen atoms in total. The summed E-state index contributed by atoms with van der Waals surface area (Å²) in [7, 11) is 0. The molecule has 0 unspecified atom stereocenters. The van der Waals surface area contributed by atoms with Gasteiger partial charge in [0.1, 0.15) is 18.3 Å². The molecule has 146 valence electrons. The van der Waals surface area contributed by atoms with Crippen LogP contribution in [0, 0.1) is 0 Å². The second-order valence-corrected chi connectivity index (χ2v) is 7.44. The van der Waals surface area contributed by atoms with Gasteiger partial charge >= 0.3 is 0 Å². The van der Waals surface area contributed by atoms with Crippen molar-refractivity contribution < 1.29 is 9.53 Å². The topological polar surface area (TPSA) is 82.3 Å². The Morgan fingerprint density at radius 2 is 2.04 bits per heavy atom. The molecule has 28 heavy (non-hydrogen) atoms. The maximum absolute atomic E-state index is 12.8. The van der Waals surface area contributed by atoms with E-state index in [0.29, 0.717) is 34.8 Å². The van der Waals surface area contributed by atoms with Crippen LogP contribution in [0.3, 0.4) is 0 Å². The number of fused-ring (bicyclic) bond motifs is 1. The molecule has 1 saturated heterocycles. The molecule has 1 fully saturated rings.